The van der Waals surface area contributed by atoms with Gasteiger partial charge in [0.25, 0.3) is 0 Å². The SMILES string of the molecule is COc1cc(CN(CCO[C@@H](C)c2ccccc2)C(=O)NC2(C(=O)O)CC(OC)C2)c(Cl)c(OC)c1C(C)=O. The van der Waals surface area contributed by atoms with E-state index < -0.39 is 17.5 Å². The van der Waals surface area contributed by atoms with Crippen molar-refractivity contribution >= 4 is 29.4 Å². The monoisotopic (exact) mass is 562 g/mol. The van der Waals surface area contributed by atoms with Crippen LogP contribution in [0.15, 0.2) is 36.4 Å². The first kappa shape index (κ1) is 30.2. The highest BCUT2D eigenvalue weighted by Crippen LogP contribution is 2.40. The van der Waals surface area contributed by atoms with E-state index in [1.807, 2.05) is 37.3 Å². The highest BCUT2D eigenvalue weighted by Gasteiger charge is 2.52. The Morgan fingerprint density at radius 3 is 2.36 bits per heavy atom. The van der Waals surface area contributed by atoms with Crippen LogP contribution in [0.25, 0.3) is 0 Å². The highest BCUT2D eigenvalue weighted by atomic mass is 35.5. The van der Waals surface area contributed by atoms with Gasteiger partial charge in [0, 0.05) is 33.0 Å². The van der Waals surface area contributed by atoms with Crippen molar-refractivity contribution in [2.45, 2.75) is 51.0 Å². The highest BCUT2D eigenvalue weighted by molar-refractivity contribution is 6.33. The van der Waals surface area contributed by atoms with Crippen LogP contribution in [-0.4, -0.2) is 73.9 Å². The third-order valence-corrected chi connectivity index (χ3v) is 7.34. The van der Waals surface area contributed by atoms with Gasteiger partial charge in [-0.15, -0.1) is 0 Å². The Morgan fingerprint density at radius 1 is 1.15 bits per heavy atom. The Bertz CT molecular complexity index is 1180. The van der Waals surface area contributed by atoms with Crippen LogP contribution in [-0.2, 0) is 20.8 Å². The molecule has 2 aromatic rings. The number of ketones is 1. The molecule has 2 aromatic carbocycles. The molecule has 39 heavy (non-hydrogen) atoms. The van der Waals surface area contributed by atoms with Gasteiger partial charge in [0.1, 0.15) is 16.9 Å². The van der Waals surface area contributed by atoms with Crippen LogP contribution in [0, 0.1) is 0 Å². The van der Waals surface area contributed by atoms with Gasteiger partial charge in [-0.25, -0.2) is 9.59 Å². The summed E-state index contributed by atoms with van der Waals surface area (Å²) in [6.45, 7) is 3.55. The van der Waals surface area contributed by atoms with Crippen LogP contribution in [0.4, 0.5) is 4.79 Å². The summed E-state index contributed by atoms with van der Waals surface area (Å²) in [4.78, 5) is 39.2. The minimum absolute atomic E-state index is 0.0257. The average Bonchev–Trinajstić information content (AvgIpc) is 2.90. The van der Waals surface area contributed by atoms with Gasteiger partial charge >= 0.3 is 12.0 Å². The van der Waals surface area contributed by atoms with E-state index in [0.29, 0.717) is 5.56 Å². The first-order valence-corrected chi connectivity index (χ1v) is 12.9. The molecule has 0 heterocycles. The maximum Gasteiger partial charge on any atom is 0.329 e. The molecule has 1 aliphatic rings. The predicted molar refractivity (Wildman–Crippen MR) is 145 cm³/mol. The minimum atomic E-state index is -1.44. The van der Waals surface area contributed by atoms with Gasteiger partial charge in [-0.3, -0.25) is 4.79 Å². The van der Waals surface area contributed by atoms with Gasteiger partial charge in [-0.1, -0.05) is 41.9 Å². The van der Waals surface area contributed by atoms with Crippen LogP contribution < -0.4 is 14.8 Å². The van der Waals surface area contributed by atoms with Crippen LogP contribution >= 0.6 is 11.6 Å². The third-order valence-electron chi connectivity index (χ3n) is 6.92. The molecule has 1 atom stereocenters. The van der Waals surface area contributed by atoms with Crippen LogP contribution in [0.5, 0.6) is 11.5 Å². The van der Waals surface area contributed by atoms with E-state index in [-0.39, 0.29) is 72.6 Å². The number of ether oxygens (including phenoxy) is 4. The third kappa shape index (κ3) is 6.81. The number of halogens is 1. The number of methoxy groups -OCH3 is 3. The molecule has 0 spiro atoms. The second-order valence-electron chi connectivity index (χ2n) is 9.44. The van der Waals surface area contributed by atoms with Crippen LogP contribution in [0.3, 0.4) is 0 Å². The second-order valence-corrected chi connectivity index (χ2v) is 9.82. The predicted octanol–water partition coefficient (Wildman–Crippen LogP) is 4.48. The molecule has 10 nitrogen and oxygen atoms in total. The fourth-order valence-corrected chi connectivity index (χ4v) is 4.86. The minimum Gasteiger partial charge on any atom is -0.496 e. The van der Waals surface area contributed by atoms with Crippen molar-refractivity contribution in [2.75, 3.05) is 34.5 Å². The number of rotatable bonds is 13. The summed E-state index contributed by atoms with van der Waals surface area (Å²) in [6.07, 6.45) is -0.188. The van der Waals surface area contributed by atoms with E-state index in [2.05, 4.69) is 5.32 Å². The summed E-state index contributed by atoms with van der Waals surface area (Å²) < 4.78 is 22.1. The molecule has 2 N–H and O–H groups in total. The fraction of sp³-hybridized carbons (Fsp3) is 0.464. The van der Waals surface area contributed by atoms with E-state index in [1.54, 1.807) is 6.07 Å². The summed E-state index contributed by atoms with van der Waals surface area (Å²) in [7, 11) is 4.31. The largest absolute Gasteiger partial charge is 0.496 e. The zero-order chi connectivity index (χ0) is 28.7. The van der Waals surface area contributed by atoms with Gasteiger partial charge in [0.15, 0.2) is 11.5 Å². The molecular weight excluding hydrogens is 528 g/mol. The fourth-order valence-electron chi connectivity index (χ4n) is 4.58. The average molecular weight is 563 g/mol. The molecule has 2 amide bonds. The number of carboxylic acid groups (broad SMARTS) is 1. The molecule has 0 saturated heterocycles. The van der Waals surface area contributed by atoms with Crippen molar-refractivity contribution in [3.8, 4) is 11.5 Å². The zero-order valence-electron chi connectivity index (χ0n) is 22.8. The van der Waals surface area contributed by atoms with Gasteiger partial charge < -0.3 is 34.3 Å². The topological polar surface area (TPSA) is 124 Å². The van der Waals surface area contributed by atoms with Crippen LogP contribution in [0.2, 0.25) is 5.02 Å². The number of hydrogen-bond acceptors (Lipinski definition) is 7. The lowest BCUT2D eigenvalue weighted by atomic mass is 9.74. The number of amides is 2. The molecule has 3 rings (SSSR count). The number of hydrogen-bond donors (Lipinski definition) is 2. The van der Waals surface area contributed by atoms with E-state index in [9.17, 15) is 19.5 Å². The lowest BCUT2D eigenvalue weighted by Crippen LogP contribution is -2.66. The molecule has 1 aliphatic carbocycles. The Hall–Kier alpha value is -3.34. The standard InChI is InChI=1S/C28H35ClN2O8/c1-17(32)23-22(37-4)13-20(24(29)25(23)38-5)16-31(11-12-39-18(2)19-9-7-6-8-10-19)27(35)30-28(26(33)34)14-21(15-28)36-3/h6-10,13,18,21H,11-12,14-16H2,1-5H3,(H,30,35)(H,33,34)/t18-,21?,28?/m0/s1. The van der Waals surface area contributed by atoms with E-state index in [1.165, 1.54) is 33.2 Å². The maximum atomic E-state index is 13.5. The molecule has 11 heteroatoms. The molecule has 212 valence electrons. The maximum absolute atomic E-state index is 13.5. The molecule has 0 aliphatic heterocycles. The zero-order valence-corrected chi connectivity index (χ0v) is 23.5. The Labute approximate surface area is 233 Å². The molecule has 0 unspecified atom stereocenters. The Morgan fingerprint density at radius 2 is 1.82 bits per heavy atom. The number of Topliss-reactive ketones (excluding diaryl/α,β-unsaturated/α-hetero) is 1. The van der Waals surface area contributed by atoms with Gasteiger partial charge in [-0.2, -0.15) is 0 Å². The Kier molecular flexibility index (Phi) is 10.2. The van der Waals surface area contributed by atoms with Gasteiger partial charge in [0.2, 0.25) is 0 Å². The first-order chi connectivity index (χ1) is 18.6. The van der Waals surface area contributed by atoms with E-state index in [0.717, 1.165) is 5.56 Å². The molecule has 0 radical (unpaired) electrons. The molecule has 1 fully saturated rings. The lowest BCUT2D eigenvalue weighted by molar-refractivity contribution is -0.155. The van der Waals surface area contributed by atoms with Crippen molar-refractivity contribution < 1.29 is 38.4 Å². The number of carbonyl (C=O) groups is 3. The number of aliphatic carboxylic acids is 1. The number of urea groups is 1. The normalized spacial score (nSPS) is 19.0. The summed E-state index contributed by atoms with van der Waals surface area (Å²) in [5.41, 5.74) is 0.186. The summed E-state index contributed by atoms with van der Waals surface area (Å²) in [6, 6.07) is 10.6. The number of carbonyl (C=O) groups excluding carboxylic acids is 2. The summed E-state index contributed by atoms with van der Waals surface area (Å²) in [5, 5.41) is 12.7. The second kappa shape index (κ2) is 13.1. The van der Waals surface area contributed by atoms with Crippen molar-refractivity contribution in [2.24, 2.45) is 0 Å². The quantitative estimate of drug-likeness (QED) is 0.342. The molecular formula is C28H35ClN2O8. The van der Waals surface area contributed by atoms with Crippen molar-refractivity contribution in [1.82, 2.24) is 10.2 Å². The number of carboxylic acids is 1. The first-order valence-electron chi connectivity index (χ1n) is 12.5. The van der Waals surface area contributed by atoms with Gasteiger partial charge in [0.05, 0.1) is 38.1 Å². The smallest absolute Gasteiger partial charge is 0.329 e. The number of benzene rings is 2. The van der Waals surface area contributed by atoms with Gasteiger partial charge in [-0.05, 0) is 31.0 Å². The van der Waals surface area contributed by atoms with E-state index in [4.69, 9.17) is 30.5 Å². The summed E-state index contributed by atoms with van der Waals surface area (Å²) in [5.74, 6) is -1.05. The van der Waals surface area contributed by atoms with Crippen molar-refractivity contribution in [3.63, 3.8) is 0 Å². The molecule has 1 saturated carbocycles. The number of nitrogens with one attached hydrogen (secondary N) is 1. The van der Waals surface area contributed by atoms with Crippen LogP contribution in [0.1, 0.15) is 54.3 Å². The lowest BCUT2D eigenvalue weighted by Gasteiger charge is -2.44. The Balaban J connectivity index is 1.87. The number of nitrogens with zero attached hydrogens (tertiary/aromatic N) is 1. The van der Waals surface area contributed by atoms with Crippen molar-refractivity contribution in [1.29, 1.82) is 0 Å². The van der Waals surface area contributed by atoms with E-state index >= 15 is 0 Å². The molecule has 0 aromatic heterocycles. The van der Waals surface area contributed by atoms with Crippen molar-refractivity contribution in [3.05, 3.63) is 58.1 Å². The molecule has 0 bridgehead atoms. The summed E-state index contributed by atoms with van der Waals surface area (Å²) >= 11 is 6.63.